The van der Waals surface area contributed by atoms with E-state index >= 15 is 0 Å². The summed E-state index contributed by atoms with van der Waals surface area (Å²) < 4.78 is 31.5. The van der Waals surface area contributed by atoms with Gasteiger partial charge in [-0.3, -0.25) is 9.10 Å². The molecule has 152 valence electrons. The van der Waals surface area contributed by atoms with Gasteiger partial charge < -0.3 is 10.1 Å². The lowest BCUT2D eigenvalue weighted by Gasteiger charge is -2.30. The number of hydrogen-bond donors (Lipinski definition) is 1. The molecule has 0 aliphatic heterocycles. The first-order valence-electron chi connectivity index (χ1n) is 8.96. The first-order valence-corrected chi connectivity index (χ1v) is 11.2. The Morgan fingerprint density at radius 3 is 2.32 bits per heavy atom. The maximum Gasteiger partial charge on any atom is 0.248 e. The number of ether oxygens (including phenoxy) is 1. The van der Waals surface area contributed by atoms with Gasteiger partial charge in [0.1, 0.15) is 11.8 Å². The highest BCUT2D eigenvalue weighted by Crippen LogP contribution is 2.26. The zero-order valence-corrected chi connectivity index (χ0v) is 18.0. The van der Waals surface area contributed by atoms with Crippen molar-refractivity contribution < 1.29 is 17.9 Å². The fraction of sp³-hybridized carbons (Fsp3) is 0.350. The number of nitrogens with one attached hydrogen (secondary N) is 1. The Balaban J connectivity index is 2.34. The van der Waals surface area contributed by atoms with Crippen molar-refractivity contribution in [2.24, 2.45) is 0 Å². The molecule has 0 heterocycles. The van der Waals surface area contributed by atoms with E-state index in [2.05, 4.69) is 5.32 Å². The van der Waals surface area contributed by atoms with Crippen LogP contribution in [-0.2, 0) is 14.8 Å². The summed E-state index contributed by atoms with van der Waals surface area (Å²) in [7, 11) is -3.70. The number of hydrogen-bond acceptors (Lipinski definition) is 4. The SMILES string of the molecule is CCOc1ccc(N(C(CC)C(=O)Nc2ccc(C)c(Cl)c2)S(C)(=O)=O)cc1. The Morgan fingerprint density at radius 1 is 1.18 bits per heavy atom. The molecule has 0 aliphatic carbocycles. The van der Waals surface area contributed by atoms with Crippen molar-refractivity contribution in [3.05, 3.63) is 53.1 Å². The predicted octanol–water partition coefficient (Wildman–Crippen LogP) is 4.23. The molecule has 1 atom stereocenters. The lowest BCUT2D eigenvalue weighted by molar-refractivity contribution is -0.117. The Kier molecular flexibility index (Phi) is 7.32. The molecule has 2 rings (SSSR count). The summed E-state index contributed by atoms with van der Waals surface area (Å²) in [6.45, 7) is 6.00. The van der Waals surface area contributed by atoms with E-state index in [0.29, 0.717) is 35.2 Å². The third-order valence-corrected chi connectivity index (χ3v) is 5.76. The van der Waals surface area contributed by atoms with Gasteiger partial charge in [-0.25, -0.2) is 8.42 Å². The molecule has 8 heteroatoms. The average Bonchev–Trinajstić information content (AvgIpc) is 2.62. The Labute approximate surface area is 171 Å². The van der Waals surface area contributed by atoms with Crippen LogP contribution in [0.25, 0.3) is 0 Å². The first-order chi connectivity index (χ1) is 13.2. The molecular weight excluding hydrogens is 400 g/mol. The summed E-state index contributed by atoms with van der Waals surface area (Å²) in [5, 5.41) is 3.29. The number of carbonyl (C=O) groups is 1. The van der Waals surface area contributed by atoms with Gasteiger partial charge >= 0.3 is 0 Å². The number of anilines is 2. The zero-order chi connectivity index (χ0) is 20.9. The number of nitrogens with zero attached hydrogens (tertiary/aromatic N) is 1. The van der Waals surface area contributed by atoms with Gasteiger partial charge in [0.05, 0.1) is 18.6 Å². The second-order valence-electron chi connectivity index (χ2n) is 6.36. The van der Waals surface area contributed by atoms with Crippen molar-refractivity contribution in [3.8, 4) is 5.75 Å². The monoisotopic (exact) mass is 424 g/mol. The summed E-state index contributed by atoms with van der Waals surface area (Å²) >= 11 is 6.11. The minimum Gasteiger partial charge on any atom is -0.494 e. The molecule has 0 saturated carbocycles. The molecule has 0 aromatic heterocycles. The molecular formula is C20H25ClN2O4S. The highest BCUT2D eigenvalue weighted by Gasteiger charge is 2.31. The van der Waals surface area contributed by atoms with E-state index in [1.54, 1.807) is 49.4 Å². The molecule has 0 saturated heterocycles. The number of rotatable bonds is 8. The quantitative estimate of drug-likeness (QED) is 0.688. The van der Waals surface area contributed by atoms with Crippen LogP contribution in [0.3, 0.4) is 0 Å². The molecule has 6 nitrogen and oxygen atoms in total. The molecule has 28 heavy (non-hydrogen) atoms. The van der Waals surface area contributed by atoms with Crippen LogP contribution in [-0.4, -0.2) is 33.2 Å². The minimum atomic E-state index is -3.70. The number of benzene rings is 2. The van der Waals surface area contributed by atoms with Crippen LogP contribution in [0.5, 0.6) is 5.75 Å². The number of halogens is 1. The summed E-state index contributed by atoms with van der Waals surface area (Å²) in [6.07, 6.45) is 1.38. The predicted molar refractivity (Wildman–Crippen MR) is 114 cm³/mol. The Bertz CT molecular complexity index is 930. The lowest BCUT2D eigenvalue weighted by Crippen LogP contribution is -2.47. The van der Waals surface area contributed by atoms with Crippen LogP contribution in [0, 0.1) is 6.92 Å². The van der Waals surface area contributed by atoms with E-state index < -0.39 is 22.0 Å². The van der Waals surface area contributed by atoms with Gasteiger partial charge in [-0.1, -0.05) is 24.6 Å². The van der Waals surface area contributed by atoms with Crippen LogP contribution in [0.1, 0.15) is 25.8 Å². The first kappa shape index (κ1) is 22.0. The summed E-state index contributed by atoms with van der Waals surface area (Å²) in [5.41, 5.74) is 1.80. The van der Waals surface area contributed by atoms with E-state index in [0.717, 1.165) is 16.1 Å². The molecule has 1 unspecified atom stereocenters. The highest BCUT2D eigenvalue weighted by atomic mass is 35.5. The largest absolute Gasteiger partial charge is 0.494 e. The van der Waals surface area contributed by atoms with E-state index in [4.69, 9.17) is 16.3 Å². The number of sulfonamides is 1. The van der Waals surface area contributed by atoms with Gasteiger partial charge in [0.2, 0.25) is 15.9 Å². The lowest BCUT2D eigenvalue weighted by atomic mass is 10.1. The van der Waals surface area contributed by atoms with Gasteiger partial charge in [-0.2, -0.15) is 0 Å². The number of amides is 1. The van der Waals surface area contributed by atoms with Crippen molar-refractivity contribution >= 4 is 38.9 Å². The second kappa shape index (κ2) is 9.30. The van der Waals surface area contributed by atoms with Crippen molar-refractivity contribution in [2.45, 2.75) is 33.2 Å². The van der Waals surface area contributed by atoms with E-state index in [1.807, 2.05) is 13.8 Å². The molecule has 0 radical (unpaired) electrons. The van der Waals surface area contributed by atoms with Gasteiger partial charge in [0.25, 0.3) is 0 Å². The molecule has 2 aromatic rings. The van der Waals surface area contributed by atoms with E-state index in [9.17, 15) is 13.2 Å². The average molecular weight is 425 g/mol. The van der Waals surface area contributed by atoms with Crippen LogP contribution >= 0.6 is 11.6 Å². The molecule has 2 aromatic carbocycles. The summed E-state index contributed by atoms with van der Waals surface area (Å²) in [4.78, 5) is 12.9. The molecule has 0 spiro atoms. The maximum absolute atomic E-state index is 12.9. The fourth-order valence-electron chi connectivity index (χ4n) is 2.81. The zero-order valence-electron chi connectivity index (χ0n) is 16.4. The van der Waals surface area contributed by atoms with E-state index in [-0.39, 0.29) is 0 Å². The fourth-order valence-corrected chi connectivity index (χ4v) is 4.20. The van der Waals surface area contributed by atoms with Crippen molar-refractivity contribution in [1.29, 1.82) is 0 Å². The maximum atomic E-state index is 12.9. The van der Waals surface area contributed by atoms with Crippen molar-refractivity contribution in [3.63, 3.8) is 0 Å². The molecule has 0 aliphatic rings. The van der Waals surface area contributed by atoms with Gasteiger partial charge in [-0.15, -0.1) is 0 Å². The van der Waals surface area contributed by atoms with E-state index in [1.165, 1.54) is 0 Å². The molecule has 0 fully saturated rings. The van der Waals surface area contributed by atoms with Gasteiger partial charge in [0, 0.05) is 10.7 Å². The highest BCUT2D eigenvalue weighted by molar-refractivity contribution is 7.92. The van der Waals surface area contributed by atoms with Crippen LogP contribution in [0.4, 0.5) is 11.4 Å². The third kappa shape index (κ3) is 5.39. The van der Waals surface area contributed by atoms with Crippen LogP contribution < -0.4 is 14.4 Å². The summed E-state index contributed by atoms with van der Waals surface area (Å²) in [5.74, 6) is 0.202. The van der Waals surface area contributed by atoms with Crippen molar-refractivity contribution in [1.82, 2.24) is 0 Å². The number of aryl methyl sites for hydroxylation is 1. The second-order valence-corrected chi connectivity index (χ2v) is 8.63. The topological polar surface area (TPSA) is 75.7 Å². The van der Waals surface area contributed by atoms with Crippen molar-refractivity contribution in [2.75, 3.05) is 22.5 Å². The standard InChI is InChI=1S/C20H25ClN2O4S/c1-5-19(20(24)22-15-8-7-14(3)18(21)13-15)23(28(4,25)26)16-9-11-17(12-10-16)27-6-2/h7-13,19H,5-6H2,1-4H3,(H,22,24). The number of carbonyl (C=O) groups excluding carboxylic acids is 1. The third-order valence-electron chi connectivity index (χ3n) is 4.17. The Hall–Kier alpha value is -2.25. The minimum absolute atomic E-state index is 0.297. The molecule has 1 amide bonds. The van der Waals surface area contributed by atoms with Crippen LogP contribution in [0.15, 0.2) is 42.5 Å². The molecule has 0 bridgehead atoms. The Morgan fingerprint density at radius 2 is 1.82 bits per heavy atom. The summed E-state index contributed by atoms with van der Waals surface area (Å²) in [6, 6.07) is 10.9. The van der Waals surface area contributed by atoms with Crippen LogP contribution in [0.2, 0.25) is 5.02 Å². The van der Waals surface area contributed by atoms with Gasteiger partial charge in [-0.05, 0) is 62.2 Å². The van der Waals surface area contributed by atoms with Gasteiger partial charge in [0.15, 0.2) is 0 Å². The smallest absolute Gasteiger partial charge is 0.248 e. The normalized spacial score (nSPS) is 12.3. The molecule has 1 N–H and O–H groups in total.